The second kappa shape index (κ2) is 4.75. The van der Waals surface area contributed by atoms with Gasteiger partial charge in [0.1, 0.15) is 5.56 Å². The van der Waals surface area contributed by atoms with E-state index >= 15 is 0 Å². The Bertz CT molecular complexity index is 473. The van der Waals surface area contributed by atoms with Crippen LogP contribution in [0.2, 0.25) is 0 Å². The zero-order chi connectivity index (χ0) is 14.1. The van der Waals surface area contributed by atoms with E-state index in [-0.39, 0.29) is 0 Å². The lowest BCUT2D eigenvalue weighted by Gasteiger charge is -2.15. The van der Waals surface area contributed by atoms with E-state index in [1.54, 1.807) is 0 Å². The molecule has 0 aliphatic rings. The van der Waals surface area contributed by atoms with Crippen molar-refractivity contribution in [3.63, 3.8) is 0 Å². The molecule has 0 spiro atoms. The van der Waals surface area contributed by atoms with Gasteiger partial charge in [-0.1, -0.05) is 0 Å². The third kappa shape index (κ3) is 2.49. The molecule has 0 aliphatic carbocycles. The number of carbonyl (C=O) groups excluding carboxylic acids is 1. The fourth-order valence-corrected chi connectivity index (χ4v) is 1.30. The highest BCUT2D eigenvalue weighted by molar-refractivity contribution is 5.94. The molecule has 1 heterocycles. The number of aromatic nitrogens is 1. The van der Waals surface area contributed by atoms with Gasteiger partial charge >= 0.3 is 12.1 Å². The Labute approximate surface area is 97.6 Å². The molecule has 0 amide bonds. The van der Waals surface area contributed by atoms with Crippen molar-refractivity contribution >= 4 is 11.7 Å². The minimum Gasteiger partial charge on any atom is -0.465 e. The Morgan fingerprint density at radius 1 is 1.44 bits per heavy atom. The molecule has 0 aliphatic heterocycles. The van der Waals surface area contributed by atoms with Crippen molar-refractivity contribution in [1.82, 2.24) is 4.98 Å². The lowest BCUT2D eigenvalue weighted by atomic mass is 10.0. The Hall–Kier alpha value is -1.93. The summed E-state index contributed by atoms with van der Waals surface area (Å²) in [6.45, 7) is 0. The Morgan fingerprint density at radius 3 is 2.39 bits per heavy atom. The van der Waals surface area contributed by atoms with E-state index in [0.717, 1.165) is 7.11 Å². The van der Waals surface area contributed by atoms with Gasteiger partial charge in [-0.3, -0.25) is 0 Å². The number of anilines is 1. The summed E-state index contributed by atoms with van der Waals surface area (Å²) in [5.74, 6) is -1.57. The molecule has 1 rings (SSSR count). The summed E-state index contributed by atoms with van der Waals surface area (Å²) in [4.78, 5) is 14.1. The summed E-state index contributed by atoms with van der Waals surface area (Å²) in [5.41, 5.74) is 0.0551. The number of esters is 1. The van der Waals surface area contributed by atoms with E-state index in [2.05, 4.69) is 9.72 Å². The summed E-state index contributed by atoms with van der Waals surface area (Å²) >= 11 is 0. The highest BCUT2D eigenvalue weighted by atomic mass is 19.4. The van der Waals surface area contributed by atoms with Crippen LogP contribution in [-0.4, -0.2) is 18.1 Å². The maximum Gasteiger partial charge on any atom is 0.434 e. The molecule has 0 aromatic carbocycles. The first kappa shape index (κ1) is 14.1. The molecule has 1 aromatic rings. The van der Waals surface area contributed by atoms with Crippen LogP contribution in [0.15, 0.2) is 6.20 Å². The van der Waals surface area contributed by atoms with Gasteiger partial charge in [0.05, 0.1) is 24.6 Å². The summed E-state index contributed by atoms with van der Waals surface area (Å²) in [7, 11) is 0.765. The zero-order valence-electron chi connectivity index (χ0n) is 8.89. The van der Waals surface area contributed by atoms with Crippen LogP contribution in [0.4, 0.5) is 27.6 Å². The molecule has 0 unspecified atom stereocenters. The first-order valence-corrected chi connectivity index (χ1v) is 4.42. The van der Waals surface area contributed by atoms with Crippen molar-refractivity contribution < 1.29 is 31.5 Å². The smallest absolute Gasteiger partial charge is 0.434 e. The molecule has 0 bridgehead atoms. The van der Waals surface area contributed by atoms with Gasteiger partial charge in [-0.05, 0) is 0 Å². The normalized spacial score (nSPS) is 11.7. The van der Waals surface area contributed by atoms with Gasteiger partial charge in [0.15, 0.2) is 5.69 Å². The van der Waals surface area contributed by atoms with Gasteiger partial charge in [0.2, 0.25) is 0 Å². The van der Waals surface area contributed by atoms with Crippen molar-refractivity contribution in [2.45, 2.75) is 12.6 Å². The number of hydrogen-bond donors (Lipinski definition) is 1. The summed E-state index contributed by atoms with van der Waals surface area (Å²) < 4.78 is 67.1. The lowest BCUT2D eigenvalue weighted by molar-refractivity contribution is -0.141. The Kier molecular flexibility index (Phi) is 3.73. The number of hydrogen-bond acceptors (Lipinski definition) is 4. The van der Waals surface area contributed by atoms with E-state index in [9.17, 15) is 26.7 Å². The number of nitrogens with two attached hydrogens (primary N) is 1. The predicted molar refractivity (Wildman–Crippen MR) is 49.9 cm³/mol. The monoisotopic (exact) mass is 270 g/mol. The second-order valence-electron chi connectivity index (χ2n) is 3.14. The van der Waals surface area contributed by atoms with Crippen molar-refractivity contribution in [3.05, 3.63) is 23.0 Å². The number of carbonyl (C=O) groups is 1. The van der Waals surface area contributed by atoms with Crippen molar-refractivity contribution in [2.24, 2.45) is 0 Å². The van der Waals surface area contributed by atoms with E-state index in [4.69, 9.17) is 5.73 Å². The average Bonchev–Trinajstić information content (AvgIpc) is 2.25. The number of nitrogens with zero attached hydrogens (tertiary/aromatic N) is 1. The molecule has 4 nitrogen and oxygen atoms in total. The maximum atomic E-state index is 12.7. The number of halogens is 5. The Balaban J connectivity index is 3.65. The molecule has 100 valence electrons. The molecule has 0 saturated heterocycles. The molecule has 0 radical (unpaired) electrons. The van der Waals surface area contributed by atoms with Crippen molar-refractivity contribution in [3.8, 4) is 0 Å². The lowest BCUT2D eigenvalue weighted by Crippen LogP contribution is -2.20. The van der Waals surface area contributed by atoms with E-state index in [0.29, 0.717) is 6.20 Å². The topological polar surface area (TPSA) is 65.2 Å². The molecule has 18 heavy (non-hydrogen) atoms. The molecule has 0 atom stereocenters. The fraction of sp³-hybridized carbons (Fsp3) is 0.333. The molecule has 1 aromatic heterocycles. The van der Waals surface area contributed by atoms with E-state index in [1.807, 2.05) is 0 Å². The van der Waals surface area contributed by atoms with Crippen LogP contribution >= 0.6 is 0 Å². The minimum absolute atomic E-state index is 0.427. The molecule has 0 saturated carbocycles. The van der Waals surface area contributed by atoms with Gasteiger partial charge < -0.3 is 10.5 Å². The van der Waals surface area contributed by atoms with Gasteiger partial charge in [-0.2, -0.15) is 13.2 Å². The van der Waals surface area contributed by atoms with Crippen LogP contribution in [0.1, 0.15) is 28.0 Å². The SMILES string of the molecule is COC(=O)c1c(C(F)(F)F)ncc(N)c1C(F)F. The van der Waals surface area contributed by atoms with Crippen LogP contribution in [0, 0.1) is 0 Å². The third-order valence-electron chi connectivity index (χ3n) is 2.03. The predicted octanol–water partition coefficient (Wildman–Crippen LogP) is 2.41. The molecular weight excluding hydrogens is 263 g/mol. The number of pyridine rings is 1. The summed E-state index contributed by atoms with van der Waals surface area (Å²) in [5, 5.41) is 0. The van der Waals surface area contributed by atoms with Crippen LogP contribution in [-0.2, 0) is 10.9 Å². The fourth-order valence-electron chi connectivity index (χ4n) is 1.30. The highest BCUT2D eigenvalue weighted by Gasteiger charge is 2.41. The number of alkyl halides is 5. The molecular formula is C9H7F5N2O2. The van der Waals surface area contributed by atoms with Crippen LogP contribution in [0.3, 0.4) is 0 Å². The molecule has 9 heteroatoms. The number of nitrogen functional groups attached to an aromatic ring is 1. The van der Waals surface area contributed by atoms with E-state index in [1.165, 1.54) is 0 Å². The third-order valence-corrected chi connectivity index (χ3v) is 2.03. The maximum absolute atomic E-state index is 12.7. The van der Waals surface area contributed by atoms with Crippen LogP contribution < -0.4 is 5.73 Å². The first-order valence-electron chi connectivity index (χ1n) is 4.42. The van der Waals surface area contributed by atoms with Gasteiger partial charge in [0, 0.05) is 0 Å². The highest BCUT2D eigenvalue weighted by Crippen LogP contribution is 2.37. The van der Waals surface area contributed by atoms with Crippen molar-refractivity contribution in [2.75, 3.05) is 12.8 Å². The van der Waals surface area contributed by atoms with Crippen LogP contribution in [0.5, 0.6) is 0 Å². The largest absolute Gasteiger partial charge is 0.465 e. The number of rotatable bonds is 2. The number of methoxy groups -OCH3 is 1. The zero-order valence-corrected chi connectivity index (χ0v) is 8.89. The summed E-state index contributed by atoms with van der Waals surface area (Å²) in [6.07, 6.45) is -8.00. The Morgan fingerprint density at radius 2 is 2.00 bits per heavy atom. The van der Waals surface area contributed by atoms with Gasteiger partial charge in [-0.15, -0.1) is 0 Å². The molecule has 2 N–H and O–H groups in total. The number of ether oxygens (including phenoxy) is 1. The standard InChI is InChI=1S/C9H7F5N2O2/c1-18-8(17)5-4(7(10)11)3(15)2-16-6(5)9(12,13)14/h2,7H,15H2,1H3. The average molecular weight is 270 g/mol. The first-order chi connectivity index (χ1) is 8.20. The second-order valence-corrected chi connectivity index (χ2v) is 3.14. The van der Waals surface area contributed by atoms with Gasteiger partial charge in [-0.25, -0.2) is 18.6 Å². The van der Waals surface area contributed by atoms with Gasteiger partial charge in [0.25, 0.3) is 6.43 Å². The van der Waals surface area contributed by atoms with Crippen LogP contribution in [0.25, 0.3) is 0 Å². The van der Waals surface area contributed by atoms with Crippen molar-refractivity contribution in [1.29, 1.82) is 0 Å². The minimum atomic E-state index is -5.07. The molecule has 0 fully saturated rings. The quantitative estimate of drug-likeness (QED) is 0.662. The van der Waals surface area contributed by atoms with E-state index < -0.39 is 41.1 Å². The summed E-state index contributed by atoms with van der Waals surface area (Å²) in [6, 6.07) is 0.